The highest BCUT2D eigenvalue weighted by Gasteiger charge is 2.17. The summed E-state index contributed by atoms with van der Waals surface area (Å²) in [6.45, 7) is 4.76. The third kappa shape index (κ3) is 1.74. The van der Waals surface area contributed by atoms with E-state index < -0.39 is 6.10 Å². The number of hydrogen-bond donors (Lipinski definition) is 1. The van der Waals surface area contributed by atoms with Crippen molar-refractivity contribution >= 4 is 0 Å². The standard InChI is InChI=1S/C11H16N4O/c1-4-15-7-9(5-13-15)11(16)10-6-12-14(3)8(10)2/h5-7,11,16H,4H2,1-3H3. The van der Waals surface area contributed by atoms with Crippen LogP contribution in [0.25, 0.3) is 0 Å². The topological polar surface area (TPSA) is 55.9 Å². The normalized spacial score (nSPS) is 13.0. The number of aromatic nitrogens is 4. The monoisotopic (exact) mass is 220 g/mol. The highest BCUT2D eigenvalue weighted by Crippen LogP contribution is 2.23. The zero-order chi connectivity index (χ0) is 11.7. The van der Waals surface area contributed by atoms with Crippen molar-refractivity contribution in [1.29, 1.82) is 0 Å². The van der Waals surface area contributed by atoms with Gasteiger partial charge in [-0.25, -0.2) is 0 Å². The van der Waals surface area contributed by atoms with E-state index in [0.717, 1.165) is 23.4 Å². The Morgan fingerprint density at radius 3 is 2.62 bits per heavy atom. The van der Waals surface area contributed by atoms with Crippen LogP contribution in [-0.4, -0.2) is 24.7 Å². The maximum atomic E-state index is 10.2. The van der Waals surface area contributed by atoms with Gasteiger partial charge in [-0.2, -0.15) is 10.2 Å². The Hall–Kier alpha value is -1.62. The van der Waals surface area contributed by atoms with E-state index in [1.807, 2.05) is 27.1 Å². The lowest BCUT2D eigenvalue weighted by Crippen LogP contribution is -2.01. The minimum atomic E-state index is -0.644. The molecule has 2 aromatic rings. The summed E-state index contributed by atoms with van der Waals surface area (Å²) in [6, 6.07) is 0. The van der Waals surface area contributed by atoms with E-state index in [0.29, 0.717) is 0 Å². The molecule has 0 saturated heterocycles. The first kappa shape index (κ1) is 10.9. The van der Waals surface area contributed by atoms with Crippen LogP contribution < -0.4 is 0 Å². The lowest BCUT2D eigenvalue weighted by molar-refractivity contribution is 0.219. The summed E-state index contributed by atoms with van der Waals surface area (Å²) in [5.74, 6) is 0. The van der Waals surface area contributed by atoms with Crippen LogP contribution in [0.5, 0.6) is 0 Å². The molecule has 0 aliphatic carbocycles. The van der Waals surface area contributed by atoms with E-state index in [1.165, 1.54) is 0 Å². The van der Waals surface area contributed by atoms with Gasteiger partial charge in [0.05, 0.1) is 12.4 Å². The molecule has 0 spiro atoms. The van der Waals surface area contributed by atoms with E-state index in [1.54, 1.807) is 21.8 Å². The number of hydrogen-bond acceptors (Lipinski definition) is 3. The Bertz CT molecular complexity index is 486. The van der Waals surface area contributed by atoms with Crippen molar-refractivity contribution in [3.63, 3.8) is 0 Å². The van der Waals surface area contributed by atoms with Gasteiger partial charge < -0.3 is 5.11 Å². The maximum Gasteiger partial charge on any atom is 0.110 e. The van der Waals surface area contributed by atoms with Gasteiger partial charge in [-0.05, 0) is 13.8 Å². The molecule has 0 saturated carbocycles. The van der Waals surface area contributed by atoms with E-state index in [2.05, 4.69) is 10.2 Å². The molecule has 1 unspecified atom stereocenters. The summed E-state index contributed by atoms with van der Waals surface area (Å²) in [4.78, 5) is 0. The van der Waals surface area contributed by atoms with Crippen molar-refractivity contribution in [2.45, 2.75) is 26.5 Å². The summed E-state index contributed by atoms with van der Waals surface area (Å²) < 4.78 is 3.55. The Kier molecular flexibility index (Phi) is 2.78. The molecule has 16 heavy (non-hydrogen) atoms. The molecule has 2 rings (SSSR count). The van der Waals surface area contributed by atoms with Gasteiger partial charge in [0.2, 0.25) is 0 Å². The summed E-state index contributed by atoms with van der Waals surface area (Å²) in [5.41, 5.74) is 2.60. The van der Waals surface area contributed by atoms with Gasteiger partial charge in [0.15, 0.2) is 0 Å². The third-order valence-electron chi connectivity index (χ3n) is 2.86. The zero-order valence-electron chi connectivity index (χ0n) is 9.75. The number of nitrogens with zero attached hydrogens (tertiary/aromatic N) is 4. The van der Waals surface area contributed by atoms with Crippen molar-refractivity contribution in [3.8, 4) is 0 Å². The molecule has 86 valence electrons. The van der Waals surface area contributed by atoms with Gasteiger partial charge in [-0.15, -0.1) is 0 Å². The van der Waals surface area contributed by atoms with Crippen LogP contribution in [0.4, 0.5) is 0 Å². The van der Waals surface area contributed by atoms with Crippen LogP contribution in [0.1, 0.15) is 29.8 Å². The molecule has 0 bridgehead atoms. The summed E-state index contributed by atoms with van der Waals surface area (Å²) >= 11 is 0. The van der Waals surface area contributed by atoms with Crippen LogP contribution in [0, 0.1) is 6.92 Å². The largest absolute Gasteiger partial charge is 0.383 e. The molecule has 2 heterocycles. The second-order valence-corrected chi connectivity index (χ2v) is 3.84. The predicted molar refractivity (Wildman–Crippen MR) is 59.9 cm³/mol. The van der Waals surface area contributed by atoms with Crippen molar-refractivity contribution in [1.82, 2.24) is 19.6 Å². The second kappa shape index (κ2) is 4.09. The van der Waals surface area contributed by atoms with Crippen molar-refractivity contribution in [2.75, 3.05) is 0 Å². The first-order valence-corrected chi connectivity index (χ1v) is 5.32. The van der Waals surface area contributed by atoms with Gasteiger partial charge in [0, 0.05) is 36.6 Å². The van der Waals surface area contributed by atoms with Crippen molar-refractivity contribution in [3.05, 3.63) is 35.4 Å². The smallest absolute Gasteiger partial charge is 0.110 e. The average Bonchev–Trinajstić information content (AvgIpc) is 2.87. The van der Waals surface area contributed by atoms with Gasteiger partial charge in [0.25, 0.3) is 0 Å². The maximum absolute atomic E-state index is 10.2. The molecule has 1 N–H and O–H groups in total. The number of aliphatic hydroxyl groups is 1. The molecular weight excluding hydrogens is 204 g/mol. The minimum absolute atomic E-state index is 0.644. The fraction of sp³-hybridized carbons (Fsp3) is 0.455. The summed E-state index contributed by atoms with van der Waals surface area (Å²) in [7, 11) is 1.86. The fourth-order valence-electron chi connectivity index (χ4n) is 1.66. The molecule has 0 amide bonds. The van der Waals surface area contributed by atoms with Gasteiger partial charge in [0.1, 0.15) is 6.10 Å². The van der Waals surface area contributed by atoms with Crippen molar-refractivity contribution in [2.24, 2.45) is 7.05 Å². The SMILES string of the molecule is CCn1cc(C(O)c2cnn(C)c2C)cn1. The first-order chi connectivity index (χ1) is 7.63. The molecule has 5 nitrogen and oxygen atoms in total. The minimum Gasteiger partial charge on any atom is -0.383 e. The Morgan fingerprint density at radius 2 is 2.12 bits per heavy atom. The molecule has 0 aliphatic heterocycles. The van der Waals surface area contributed by atoms with Crippen LogP contribution in [0.3, 0.4) is 0 Å². The highest BCUT2D eigenvalue weighted by atomic mass is 16.3. The van der Waals surface area contributed by atoms with Crippen LogP contribution in [-0.2, 0) is 13.6 Å². The van der Waals surface area contributed by atoms with E-state index in [4.69, 9.17) is 0 Å². The van der Waals surface area contributed by atoms with Crippen LogP contribution in [0.2, 0.25) is 0 Å². The number of rotatable bonds is 3. The molecule has 1 atom stereocenters. The molecule has 0 radical (unpaired) electrons. The second-order valence-electron chi connectivity index (χ2n) is 3.84. The summed E-state index contributed by atoms with van der Waals surface area (Å²) in [6.07, 6.45) is 4.61. The number of aryl methyl sites for hydroxylation is 2. The lowest BCUT2D eigenvalue weighted by Gasteiger charge is -2.07. The third-order valence-corrected chi connectivity index (χ3v) is 2.86. The van der Waals surface area contributed by atoms with E-state index in [9.17, 15) is 5.11 Å². The van der Waals surface area contributed by atoms with Gasteiger partial charge in [-0.3, -0.25) is 9.36 Å². The average molecular weight is 220 g/mol. The molecule has 5 heteroatoms. The Labute approximate surface area is 94.3 Å². The fourth-order valence-corrected chi connectivity index (χ4v) is 1.66. The van der Waals surface area contributed by atoms with Crippen LogP contribution in [0.15, 0.2) is 18.6 Å². The quantitative estimate of drug-likeness (QED) is 0.840. The predicted octanol–water partition coefficient (Wildman–Crippen LogP) is 1.03. The molecule has 0 aliphatic rings. The Balaban J connectivity index is 2.31. The Morgan fingerprint density at radius 1 is 1.38 bits per heavy atom. The first-order valence-electron chi connectivity index (χ1n) is 5.32. The van der Waals surface area contributed by atoms with E-state index >= 15 is 0 Å². The highest BCUT2D eigenvalue weighted by molar-refractivity contribution is 5.28. The zero-order valence-corrected chi connectivity index (χ0v) is 9.75. The van der Waals surface area contributed by atoms with Gasteiger partial charge in [-0.1, -0.05) is 0 Å². The number of aliphatic hydroxyl groups excluding tert-OH is 1. The lowest BCUT2D eigenvalue weighted by atomic mass is 10.1. The summed E-state index contributed by atoms with van der Waals surface area (Å²) in [5, 5.41) is 18.5. The van der Waals surface area contributed by atoms with Crippen molar-refractivity contribution < 1.29 is 5.11 Å². The molecular formula is C11H16N4O. The molecule has 2 aromatic heterocycles. The van der Waals surface area contributed by atoms with E-state index in [-0.39, 0.29) is 0 Å². The molecule has 0 fully saturated rings. The molecule has 0 aromatic carbocycles. The van der Waals surface area contributed by atoms with Gasteiger partial charge >= 0.3 is 0 Å². The van der Waals surface area contributed by atoms with Crippen LogP contribution >= 0.6 is 0 Å².